The number of ether oxygens (including phenoxy) is 2. The molecule has 0 bridgehead atoms. The van der Waals surface area contributed by atoms with Crippen molar-refractivity contribution in [1.29, 1.82) is 0 Å². The first kappa shape index (κ1) is 18.6. The molecular weight excluding hydrogens is 368 g/mol. The van der Waals surface area contributed by atoms with Crippen molar-refractivity contribution >= 4 is 23.8 Å². The molecule has 146 valence electrons. The minimum Gasteiger partial charge on any atom is -0.507 e. The van der Waals surface area contributed by atoms with Crippen LogP contribution in [0.25, 0.3) is 0 Å². The van der Waals surface area contributed by atoms with Gasteiger partial charge in [-0.3, -0.25) is 0 Å². The van der Waals surface area contributed by atoms with E-state index in [4.69, 9.17) is 9.47 Å². The minimum atomic E-state index is 0.150. The molecule has 0 fully saturated rings. The lowest BCUT2D eigenvalue weighted by Gasteiger charge is -2.02. The smallest absolute Gasteiger partial charge is 0.345 e. The molecule has 0 aromatic heterocycles. The van der Waals surface area contributed by atoms with E-state index >= 15 is 0 Å². The quantitative estimate of drug-likeness (QED) is 0.668. The molecule has 1 aliphatic heterocycles. The molecule has 0 aliphatic carbocycles. The van der Waals surface area contributed by atoms with Crippen molar-refractivity contribution in [3.8, 4) is 23.0 Å². The third-order valence-electron chi connectivity index (χ3n) is 4.87. The molecule has 0 atom stereocenters. The molecule has 6 nitrogen and oxygen atoms in total. The van der Waals surface area contributed by atoms with Crippen LogP contribution in [0.2, 0.25) is 0 Å². The first-order valence-corrected chi connectivity index (χ1v) is 9.15. The van der Waals surface area contributed by atoms with Gasteiger partial charge in [-0.25, -0.2) is 0 Å². The number of phenols is 2. The zero-order valence-electron chi connectivity index (χ0n) is 16.2. The number of aromatic hydroxyl groups is 2. The van der Waals surface area contributed by atoms with Crippen molar-refractivity contribution in [3.05, 3.63) is 71.8 Å². The van der Waals surface area contributed by atoms with Gasteiger partial charge in [-0.2, -0.15) is 0 Å². The molecule has 3 aromatic carbocycles. The lowest BCUT2D eigenvalue weighted by molar-refractivity contribution is -0.614. The van der Waals surface area contributed by atoms with E-state index in [2.05, 4.69) is 0 Å². The molecule has 2 N–H and O–H groups in total. The second-order valence-electron chi connectivity index (χ2n) is 6.68. The molecule has 1 heterocycles. The minimum absolute atomic E-state index is 0.150. The SMILES string of the molecule is COc1ccc(/C=[N+]2\C/[N+](=C\c3ccc(OC)cc3O)c3ccccc32)c(O)c1. The van der Waals surface area contributed by atoms with E-state index in [9.17, 15) is 10.2 Å². The Balaban J connectivity index is 1.75. The Hall–Kier alpha value is -3.80. The Bertz CT molecular complexity index is 1050. The van der Waals surface area contributed by atoms with Crippen LogP contribution < -0.4 is 9.47 Å². The van der Waals surface area contributed by atoms with Gasteiger partial charge in [-0.05, 0) is 24.3 Å². The van der Waals surface area contributed by atoms with Crippen LogP contribution in [0.15, 0.2) is 60.7 Å². The number of fused-ring (bicyclic) bond motifs is 1. The summed E-state index contributed by atoms with van der Waals surface area (Å²) in [5.41, 5.74) is 3.39. The van der Waals surface area contributed by atoms with E-state index in [0.29, 0.717) is 29.3 Å². The first-order chi connectivity index (χ1) is 14.1. The number of nitrogens with zero attached hydrogens (tertiary/aromatic N) is 2. The van der Waals surface area contributed by atoms with Crippen molar-refractivity contribution in [2.75, 3.05) is 20.9 Å². The Morgan fingerprint density at radius 2 is 1.17 bits per heavy atom. The lowest BCUT2D eigenvalue weighted by atomic mass is 10.2. The van der Waals surface area contributed by atoms with E-state index in [0.717, 1.165) is 11.4 Å². The molecule has 6 heteroatoms. The second-order valence-corrected chi connectivity index (χ2v) is 6.68. The fourth-order valence-electron chi connectivity index (χ4n) is 3.34. The molecule has 0 saturated heterocycles. The van der Waals surface area contributed by atoms with E-state index < -0.39 is 0 Å². The van der Waals surface area contributed by atoms with Gasteiger partial charge in [-0.15, -0.1) is 9.15 Å². The number of hydrogen-bond acceptors (Lipinski definition) is 4. The summed E-state index contributed by atoms with van der Waals surface area (Å²) in [5, 5.41) is 20.6. The van der Waals surface area contributed by atoms with Crippen molar-refractivity contribution in [2.24, 2.45) is 0 Å². The fourth-order valence-corrected chi connectivity index (χ4v) is 3.34. The van der Waals surface area contributed by atoms with Crippen LogP contribution >= 0.6 is 0 Å². The van der Waals surface area contributed by atoms with Gasteiger partial charge in [0.25, 0.3) is 11.4 Å². The van der Waals surface area contributed by atoms with E-state index in [1.807, 2.05) is 70.1 Å². The summed E-state index contributed by atoms with van der Waals surface area (Å²) in [6.07, 6.45) is 3.80. The maximum absolute atomic E-state index is 10.3. The highest BCUT2D eigenvalue weighted by molar-refractivity contribution is 5.83. The average molecular weight is 390 g/mol. The molecule has 0 radical (unpaired) electrons. The standard InChI is InChI=1S/C23H20N2O4/c1-28-18-9-7-16(22(26)11-18)13-24-15-25(21-6-4-3-5-20(21)24)14-17-8-10-19(29-2)12-23(17)27/h3-14H,15H2,1-2H3/p+2. The highest BCUT2D eigenvalue weighted by atomic mass is 16.5. The Labute approximate surface area is 168 Å². The summed E-state index contributed by atoms with van der Waals surface area (Å²) in [5.74, 6) is 1.51. The molecule has 29 heavy (non-hydrogen) atoms. The maximum atomic E-state index is 10.3. The van der Waals surface area contributed by atoms with Crippen LogP contribution in [0.5, 0.6) is 23.0 Å². The number of para-hydroxylation sites is 2. The van der Waals surface area contributed by atoms with Gasteiger partial charge in [0, 0.05) is 24.3 Å². The van der Waals surface area contributed by atoms with Crippen LogP contribution in [0, 0.1) is 0 Å². The van der Waals surface area contributed by atoms with Crippen molar-refractivity contribution in [1.82, 2.24) is 0 Å². The Kier molecular flexibility index (Phi) is 4.91. The normalized spacial score (nSPS) is 15.5. The zero-order valence-corrected chi connectivity index (χ0v) is 16.2. The molecule has 0 unspecified atom stereocenters. The van der Waals surface area contributed by atoms with Crippen molar-refractivity contribution in [3.63, 3.8) is 0 Å². The van der Waals surface area contributed by atoms with Crippen molar-refractivity contribution in [2.45, 2.75) is 0 Å². The predicted octanol–water partition coefficient (Wildman–Crippen LogP) is 3.61. The highest BCUT2D eigenvalue weighted by Crippen LogP contribution is 2.34. The molecular formula is C23H22N2O4+2. The summed E-state index contributed by atoms with van der Waals surface area (Å²) in [7, 11) is 3.13. The molecule has 1 aliphatic rings. The molecule has 3 aromatic rings. The van der Waals surface area contributed by atoms with Crippen LogP contribution in [-0.4, -0.2) is 52.7 Å². The number of methoxy groups -OCH3 is 2. The van der Waals surface area contributed by atoms with E-state index in [1.165, 1.54) is 0 Å². The fraction of sp³-hybridized carbons (Fsp3) is 0.130. The first-order valence-electron chi connectivity index (χ1n) is 9.15. The molecule has 0 amide bonds. The topological polar surface area (TPSA) is 64.9 Å². The van der Waals surface area contributed by atoms with Gasteiger partial charge in [0.05, 0.1) is 25.3 Å². The van der Waals surface area contributed by atoms with Crippen LogP contribution in [0.1, 0.15) is 11.1 Å². The molecule has 0 spiro atoms. The van der Waals surface area contributed by atoms with Gasteiger partial charge in [0.2, 0.25) is 0 Å². The summed E-state index contributed by atoms with van der Waals surface area (Å²) in [4.78, 5) is 0. The summed E-state index contributed by atoms with van der Waals surface area (Å²) >= 11 is 0. The third kappa shape index (κ3) is 3.65. The molecule has 0 saturated carbocycles. The highest BCUT2D eigenvalue weighted by Gasteiger charge is 2.35. The van der Waals surface area contributed by atoms with E-state index in [-0.39, 0.29) is 11.5 Å². The summed E-state index contributed by atoms with van der Waals surface area (Å²) in [6.45, 7) is 0.538. The number of benzene rings is 3. The van der Waals surface area contributed by atoms with Crippen LogP contribution in [-0.2, 0) is 0 Å². The number of phenolic OH excluding ortho intramolecular Hbond substituents is 2. The molecule has 4 rings (SSSR count). The van der Waals surface area contributed by atoms with Gasteiger partial charge < -0.3 is 19.7 Å². The summed E-state index contributed by atoms with van der Waals surface area (Å²) in [6, 6.07) is 18.4. The van der Waals surface area contributed by atoms with Crippen LogP contribution in [0.4, 0.5) is 11.4 Å². The van der Waals surface area contributed by atoms with Gasteiger partial charge >= 0.3 is 6.67 Å². The Morgan fingerprint density at radius 3 is 1.55 bits per heavy atom. The number of hydrogen-bond donors (Lipinski definition) is 2. The predicted molar refractivity (Wildman–Crippen MR) is 111 cm³/mol. The monoisotopic (exact) mass is 390 g/mol. The Morgan fingerprint density at radius 1 is 0.724 bits per heavy atom. The van der Waals surface area contributed by atoms with Crippen LogP contribution in [0.3, 0.4) is 0 Å². The zero-order chi connectivity index (χ0) is 20.4. The third-order valence-corrected chi connectivity index (χ3v) is 4.87. The van der Waals surface area contributed by atoms with Gasteiger partial charge in [0.1, 0.15) is 23.0 Å². The number of rotatable bonds is 4. The second kappa shape index (κ2) is 7.67. The average Bonchev–Trinajstić information content (AvgIpc) is 3.08. The van der Waals surface area contributed by atoms with Gasteiger partial charge in [-0.1, -0.05) is 12.1 Å². The largest absolute Gasteiger partial charge is 0.507 e. The maximum Gasteiger partial charge on any atom is 0.345 e. The van der Waals surface area contributed by atoms with Crippen molar-refractivity contribution < 1.29 is 28.8 Å². The lowest BCUT2D eigenvalue weighted by Crippen LogP contribution is -2.12. The van der Waals surface area contributed by atoms with Gasteiger partial charge in [0.15, 0.2) is 12.4 Å². The summed E-state index contributed by atoms with van der Waals surface area (Å²) < 4.78 is 14.4. The van der Waals surface area contributed by atoms with E-state index in [1.54, 1.807) is 26.4 Å².